The topological polar surface area (TPSA) is 26.0 Å². The molecule has 2 nitrogen and oxygen atoms in total. The molecule has 0 amide bonds. The fourth-order valence-corrected chi connectivity index (χ4v) is 0.802. The molecule has 2 heterocycles. The molecule has 0 saturated carbocycles. The van der Waals surface area contributed by atoms with Crippen molar-refractivity contribution in [1.29, 1.82) is 0 Å². The van der Waals surface area contributed by atoms with Crippen LogP contribution in [-0.2, 0) is 0 Å². The van der Waals surface area contributed by atoms with Crippen molar-refractivity contribution in [2.45, 2.75) is 0 Å². The van der Waals surface area contributed by atoms with Crippen LogP contribution in [0.2, 0.25) is 0 Å². The average Bonchev–Trinajstić information content (AvgIpc) is 2.33. The van der Waals surface area contributed by atoms with Gasteiger partial charge in [-0.25, -0.2) is 0 Å². The summed E-state index contributed by atoms with van der Waals surface area (Å²) in [6.45, 7) is 0. The van der Waals surface area contributed by atoms with E-state index in [4.69, 9.17) is 4.42 Å². The molecule has 0 N–H and O–H groups in total. The average molecular weight is 119 g/mol. The zero-order valence-corrected chi connectivity index (χ0v) is 4.74. The molecule has 9 heavy (non-hydrogen) atoms. The second kappa shape index (κ2) is 1.58. The molecule has 0 aliphatic carbocycles. The van der Waals surface area contributed by atoms with E-state index in [2.05, 4.69) is 4.98 Å². The molecule has 0 aromatic heterocycles. The van der Waals surface area contributed by atoms with Gasteiger partial charge in [0.15, 0.2) is 5.76 Å². The number of nitrogens with zero attached hydrogens (tertiary/aromatic N) is 1. The van der Waals surface area contributed by atoms with Crippen LogP contribution in [0.3, 0.4) is 0 Å². The van der Waals surface area contributed by atoms with E-state index < -0.39 is 0 Å². The third-order valence-electron chi connectivity index (χ3n) is 1.22. The van der Waals surface area contributed by atoms with Crippen molar-refractivity contribution in [2.24, 2.45) is 0 Å². The fourth-order valence-electron chi connectivity index (χ4n) is 0.802. The normalized spacial score (nSPS) is 10.2. The van der Waals surface area contributed by atoms with Crippen LogP contribution in [0, 0.1) is 0 Å². The van der Waals surface area contributed by atoms with Crippen molar-refractivity contribution >= 4 is 0 Å². The van der Waals surface area contributed by atoms with Crippen LogP contribution in [0.15, 0.2) is 35.1 Å². The van der Waals surface area contributed by atoms with E-state index in [1.54, 1.807) is 12.5 Å². The molecule has 0 aromatic rings. The highest BCUT2D eigenvalue weighted by atomic mass is 16.3. The minimum Gasteiger partial charge on any atom is -0.463 e. The van der Waals surface area contributed by atoms with E-state index in [0.29, 0.717) is 0 Å². The van der Waals surface area contributed by atoms with E-state index in [1.807, 2.05) is 18.2 Å². The second-order valence-electron chi connectivity index (χ2n) is 1.81. The summed E-state index contributed by atoms with van der Waals surface area (Å²) in [6, 6.07) is 5.59. The predicted molar refractivity (Wildman–Crippen MR) is 33.1 cm³/mol. The number of rotatable bonds is 0. The predicted octanol–water partition coefficient (Wildman–Crippen LogP) is 1.78. The van der Waals surface area contributed by atoms with Crippen molar-refractivity contribution in [2.75, 3.05) is 0 Å². The Labute approximate surface area is 52.5 Å². The summed E-state index contributed by atoms with van der Waals surface area (Å²) in [4.78, 5) is 4.02. The zero-order chi connectivity index (χ0) is 6.10. The lowest BCUT2D eigenvalue weighted by Gasteiger charge is -1.90. The van der Waals surface area contributed by atoms with Gasteiger partial charge in [-0.05, 0) is 12.1 Å². The smallest absolute Gasteiger partial charge is 0.153 e. The van der Waals surface area contributed by atoms with Gasteiger partial charge in [0.2, 0.25) is 0 Å². The van der Waals surface area contributed by atoms with Gasteiger partial charge in [-0.15, -0.1) is 0 Å². The monoisotopic (exact) mass is 119 g/mol. The molecule has 0 atom stereocenters. The summed E-state index contributed by atoms with van der Waals surface area (Å²) >= 11 is 0. The Kier molecular flexibility index (Phi) is 0.803. The SMILES string of the molecule is c1coc2ccnc-2c1. The van der Waals surface area contributed by atoms with Gasteiger partial charge in [-0.2, -0.15) is 0 Å². The summed E-state index contributed by atoms with van der Waals surface area (Å²) in [7, 11) is 0. The van der Waals surface area contributed by atoms with E-state index in [-0.39, 0.29) is 0 Å². The molecule has 0 bridgehead atoms. The Bertz CT molecular complexity index is 249. The molecule has 44 valence electrons. The highest BCUT2D eigenvalue weighted by Crippen LogP contribution is 2.17. The Balaban J connectivity index is 2.79. The molecule has 2 aliphatic heterocycles. The quantitative estimate of drug-likeness (QED) is 0.528. The van der Waals surface area contributed by atoms with Crippen LogP contribution in [-0.4, -0.2) is 4.98 Å². The first-order valence-corrected chi connectivity index (χ1v) is 2.75. The Morgan fingerprint density at radius 1 is 1.33 bits per heavy atom. The van der Waals surface area contributed by atoms with Gasteiger partial charge < -0.3 is 4.42 Å². The number of fused-ring (bicyclic) bond motifs is 1. The lowest BCUT2D eigenvalue weighted by molar-refractivity contribution is 0.565. The minimum atomic E-state index is 0.845. The second-order valence-corrected chi connectivity index (χ2v) is 1.81. The van der Waals surface area contributed by atoms with Crippen LogP contribution >= 0.6 is 0 Å². The summed E-state index contributed by atoms with van der Waals surface area (Å²) in [5.41, 5.74) is 0.914. The van der Waals surface area contributed by atoms with Crippen molar-refractivity contribution in [3.63, 3.8) is 0 Å². The summed E-state index contributed by atoms with van der Waals surface area (Å²) in [5.74, 6) is 0.845. The van der Waals surface area contributed by atoms with Gasteiger partial charge >= 0.3 is 0 Å². The first-order valence-electron chi connectivity index (χ1n) is 2.75. The maximum atomic E-state index is 5.09. The van der Waals surface area contributed by atoms with Crippen molar-refractivity contribution in [3.8, 4) is 11.5 Å². The van der Waals surface area contributed by atoms with E-state index >= 15 is 0 Å². The lowest BCUT2D eigenvalue weighted by Crippen LogP contribution is -1.71. The van der Waals surface area contributed by atoms with Gasteiger partial charge in [-0.1, -0.05) is 0 Å². The van der Waals surface area contributed by atoms with E-state index in [1.165, 1.54) is 0 Å². The van der Waals surface area contributed by atoms with Gasteiger partial charge in [0, 0.05) is 12.3 Å². The number of aromatic nitrogens is 1. The summed E-state index contributed by atoms with van der Waals surface area (Å²) in [6.07, 6.45) is 3.37. The van der Waals surface area contributed by atoms with Crippen LogP contribution in [0.1, 0.15) is 0 Å². The third-order valence-corrected chi connectivity index (χ3v) is 1.22. The summed E-state index contributed by atoms with van der Waals surface area (Å²) < 4.78 is 5.09. The maximum Gasteiger partial charge on any atom is 0.153 e. The molecule has 0 spiro atoms. The molecular weight excluding hydrogens is 114 g/mol. The maximum absolute atomic E-state index is 5.09. The third kappa shape index (κ3) is 0.598. The summed E-state index contributed by atoms with van der Waals surface area (Å²) in [5, 5.41) is 0. The Morgan fingerprint density at radius 2 is 2.33 bits per heavy atom. The van der Waals surface area contributed by atoms with Gasteiger partial charge in [0.25, 0.3) is 0 Å². The highest BCUT2D eigenvalue weighted by Gasteiger charge is 2.00. The largest absolute Gasteiger partial charge is 0.463 e. The zero-order valence-electron chi connectivity index (χ0n) is 4.74. The fraction of sp³-hybridized carbons (Fsp3) is 0. The molecule has 0 unspecified atom stereocenters. The van der Waals surface area contributed by atoms with E-state index in [0.717, 1.165) is 11.5 Å². The van der Waals surface area contributed by atoms with Crippen LogP contribution in [0.4, 0.5) is 0 Å². The van der Waals surface area contributed by atoms with Gasteiger partial charge in [0.1, 0.15) is 5.69 Å². The number of hydrogen-bond donors (Lipinski definition) is 0. The Morgan fingerprint density at radius 3 is 3.22 bits per heavy atom. The van der Waals surface area contributed by atoms with Crippen molar-refractivity contribution in [1.82, 2.24) is 4.98 Å². The molecule has 0 fully saturated rings. The molecule has 2 aliphatic rings. The van der Waals surface area contributed by atoms with Crippen LogP contribution in [0.5, 0.6) is 0 Å². The minimum absolute atomic E-state index is 0.845. The van der Waals surface area contributed by atoms with Crippen molar-refractivity contribution < 1.29 is 4.42 Å². The van der Waals surface area contributed by atoms with Crippen LogP contribution in [0.25, 0.3) is 11.5 Å². The first kappa shape index (κ1) is 4.56. The lowest BCUT2D eigenvalue weighted by atomic mass is 10.3. The van der Waals surface area contributed by atoms with E-state index in [9.17, 15) is 0 Å². The molecule has 2 heteroatoms. The molecule has 0 aromatic carbocycles. The Hall–Kier alpha value is -1.31. The molecule has 0 saturated heterocycles. The molecule has 2 rings (SSSR count). The van der Waals surface area contributed by atoms with Crippen molar-refractivity contribution in [3.05, 3.63) is 30.7 Å². The standard InChI is InChI=1S/C7H5NO/c1-2-6-7(9-5-1)3-4-8-6/h1-5H. The highest BCUT2D eigenvalue weighted by molar-refractivity contribution is 5.52. The van der Waals surface area contributed by atoms with Crippen LogP contribution < -0.4 is 0 Å². The molecular formula is C7H5NO. The van der Waals surface area contributed by atoms with Gasteiger partial charge in [-0.3, -0.25) is 4.98 Å². The first-order chi connectivity index (χ1) is 4.47. The number of hydrogen-bond acceptors (Lipinski definition) is 2. The van der Waals surface area contributed by atoms with Gasteiger partial charge in [0.05, 0.1) is 6.26 Å². The molecule has 0 radical (unpaired) electrons.